The van der Waals surface area contributed by atoms with Crippen LogP contribution in [0.4, 0.5) is 0 Å². The zero-order valence-electron chi connectivity index (χ0n) is 10.2. The van der Waals surface area contributed by atoms with Crippen molar-refractivity contribution >= 4 is 0 Å². The van der Waals surface area contributed by atoms with Crippen LogP contribution in [-0.2, 0) is 0 Å². The van der Waals surface area contributed by atoms with Gasteiger partial charge in [-0.05, 0) is 30.1 Å². The molecule has 0 rings (SSSR count). The van der Waals surface area contributed by atoms with Crippen LogP contribution >= 0.6 is 0 Å². The lowest BCUT2D eigenvalue weighted by atomic mass is 9.74. The van der Waals surface area contributed by atoms with Crippen LogP contribution in [0.3, 0.4) is 0 Å². The fraction of sp³-hybridized carbons (Fsp3) is 0.923. The van der Waals surface area contributed by atoms with Gasteiger partial charge >= 0.3 is 0 Å². The fourth-order valence-corrected chi connectivity index (χ4v) is 1.86. The lowest BCUT2D eigenvalue weighted by Gasteiger charge is -2.32. The van der Waals surface area contributed by atoms with Crippen molar-refractivity contribution in [2.45, 2.75) is 60.3 Å². The maximum absolute atomic E-state index is 3.92. The SMILES string of the molecule is [CH2]CCCC(CC(C)C)C(C)(C)C. The van der Waals surface area contributed by atoms with Crippen LogP contribution in [0.25, 0.3) is 0 Å². The fourth-order valence-electron chi connectivity index (χ4n) is 1.86. The van der Waals surface area contributed by atoms with Crippen molar-refractivity contribution in [3.8, 4) is 0 Å². The summed E-state index contributed by atoms with van der Waals surface area (Å²) in [5.74, 6) is 1.70. The molecule has 0 nitrogen and oxygen atoms in total. The molecule has 0 amide bonds. The van der Waals surface area contributed by atoms with Crippen LogP contribution in [0.2, 0.25) is 0 Å². The summed E-state index contributed by atoms with van der Waals surface area (Å²) in [7, 11) is 0. The minimum absolute atomic E-state index is 0.472. The first-order chi connectivity index (χ1) is 5.88. The lowest BCUT2D eigenvalue weighted by molar-refractivity contribution is 0.188. The molecule has 1 unspecified atom stereocenters. The van der Waals surface area contributed by atoms with Crippen LogP contribution in [0.15, 0.2) is 0 Å². The number of hydrogen-bond acceptors (Lipinski definition) is 0. The Hall–Kier alpha value is 0. The van der Waals surface area contributed by atoms with Crippen molar-refractivity contribution in [3.63, 3.8) is 0 Å². The Morgan fingerprint density at radius 3 is 2.00 bits per heavy atom. The zero-order valence-corrected chi connectivity index (χ0v) is 10.2. The summed E-state index contributed by atoms with van der Waals surface area (Å²) in [6.45, 7) is 15.7. The quantitative estimate of drug-likeness (QED) is 0.579. The molecule has 0 aliphatic heterocycles. The van der Waals surface area contributed by atoms with E-state index < -0.39 is 0 Å². The molecule has 0 heteroatoms. The summed E-state index contributed by atoms with van der Waals surface area (Å²) in [4.78, 5) is 0. The number of unbranched alkanes of at least 4 members (excludes halogenated alkanes) is 1. The lowest BCUT2D eigenvalue weighted by Crippen LogP contribution is -2.22. The van der Waals surface area contributed by atoms with Crippen molar-refractivity contribution in [2.75, 3.05) is 0 Å². The third-order valence-electron chi connectivity index (χ3n) is 2.78. The van der Waals surface area contributed by atoms with E-state index in [0.717, 1.165) is 18.3 Å². The Morgan fingerprint density at radius 1 is 1.15 bits per heavy atom. The van der Waals surface area contributed by atoms with Gasteiger partial charge in [0.05, 0.1) is 0 Å². The molecule has 0 spiro atoms. The molecule has 0 heterocycles. The zero-order chi connectivity index (χ0) is 10.5. The van der Waals surface area contributed by atoms with Gasteiger partial charge in [-0.3, -0.25) is 0 Å². The molecule has 0 bridgehead atoms. The highest BCUT2D eigenvalue weighted by Crippen LogP contribution is 2.34. The molecule has 0 saturated carbocycles. The monoisotopic (exact) mass is 183 g/mol. The van der Waals surface area contributed by atoms with E-state index in [1.54, 1.807) is 0 Å². The summed E-state index contributed by atoms with van der Waals surface area (Å²) in [6, 6.07) is 0. The van der Waals surface area contributed by atoms with Gasteiger partial charge in [0.15, 0.2) is 0 Å². The van der Waals surface area contributed by atoms with E-state index in [-0.39, 0.29) is 0 Å². The molecule has 1 radical (unpaired) electrons. The third-order valence-corrected chi connectivity index (χ3v) is 2.78. The molecule has 1 atom stereocenters. The molecule has 0 aliphatic carbocycles. The van der Waals surface area contributed by atoms with Crippen molar-refractivity contribution in [1.29, 1.82) is 0 Å². The second-order valence-electron chi connectivity index (χ2n) is 5.69. The molecule has 0 aromatic rings. The minimum atomic E-state index is 0.472. The molecule has 0 saturated heterocycles. The van der Waals surface area contributed by atoms with E-state index in [1.165, 1.54) is 19.3 Å². The topological polar surface area (TPSA) is 0 Å². The number of hydrogen-bond donors (Lipinski definition) is 0. The predicted octanol–water partition coefficient (Wildman–Crippen LogP) is 4.70. The molecule has 0 N–H and O–H groups in total. The van der Waals surface area contributed by atoms with E-state index in [1.807, 2.05) is 0 Å². The smallest absolute Gasteiger partial charge is 0.0354 e. The first kappa shape index (κ1) is 13.0. The van der Waals surface area contributed by atoms with E-state index in [2.05, 4.69) is 41.5 Å². The Morgan fingerprint density at radius 2 is 1.69 bits per heavy atom. The summed E-state index contributed by atoms with van der Waals surface area (Å²) >= 11 is 0. The van der Waals surface area contributed by atoms with Crippen LogP contribution in [0.5, 0.6) is 0 Å². The number of rotatable bonds is 5. The Labute approximate surface area is 85.1 Å². The van der Waals surface area contributed by atoms with Gasteiger partial charge in [-0.25, -0.2) is 0 Å². The molecular weight excluding hydrogens is 156 g/mol. The van der Waals surface area contributed by atoms with Gasteiger partial charge in [-0.15, -0.1) is 0 Å². The average Bonchev–Trinajstić information content (AvgIpc) is 1.95. The second kappa shape index (κ2) is 5.67. The van der Waals surface area contributed by atoms with Gasteiger partial charge in [0.2, 0.25) is 0 Å². The Balaban J connectivity index is 4.03. The van der Waals surface area contributed by atoms with Crippen LogP contribution in [0, 0.1) is 24.2 Å². The molecular formula is C13H27. The molecule has 79 valence electrons. The molecule has 13 heavy (non-hydrogen) atoms. The van der Waals surface area contributed by atoms with Gasteiger partial charge in [-0.2, -0.15) is 0 Å². The Kier molecular flexibility index (Phi) is 5.67. The van der Waals surface area contributed by atoms with E-state index in [0.29, 0.717) is 5.41 Å². The van der Waals surface area contributed by atoms with E-state index in [9.17, 15) is 0 Å². The van der Waals surface area contributed by atoms with Gasteiger partial charge in [-0.1, -0.05) is 54.4 Å². The molecule has 0 aromatic heterocycles. The summed E-state index contributed by atoms with van der Waals surface area (Å²) in [5, 5.41) is 0. The maximum atomic E-state index is 3.92. The first-order valence-corrected chi connectivity index (χ1v) is 5.67. The standard InChI is InChI=1S/C13H27/c1-7-8-9-12(10-11(2)3)13(4,5)6/h11-12H,1,7-10H2,2-6H3. The highest BCUT2D eigenvalue weighted by Gasteiger charge is 2.24. The normalized spacial score (nSPS) is 15.0. The molecule has 0 aromatic carbocycles. The summed E-state index contributed by atoms with van der Waals surface area (Å²) < 4.78 is 0. The highest BCUT2D eigenvalue weighted by atomic mass is 14.3. The van der Waals surface area contributed by atoms with E-state index >= 15 is 0 Å². The van der Waals surface area contributed by atoms with Gasteiger partial charge in [0, 0.05) is 0 Å². The van der Waals surface area contributed by atoms with Crippen molar-refractivity contribution in [2.24, 2.45) is 17.3 Å². The van der Waals surface area contributed by atoms with Gasteiger partial charge < -0.3 is 0 Å². The van der Waals surface area contributed by atoms with Crippen LogP contribution in [0.1, 0.15) is 60.3 Å². The van der Waals surface area contributed by atoms with Gasteiger partial charge in [0.25, 0.3) is 0 Å². The largest absolute Gasteiger partial charge is 0.0628 e. The molecule has 0 fully saturated rings. The van der Waals surface area contributed by atoms with Crippen LogP contribution in [-0.4, -0.2) is 0 Å². The van der Waals surface area contributed by atoms with Gasteiger partial charge in [0.1, 0.15) is 0 Å². The molecule has 0 aliphatic rings. The minimum Gasteiger partial charge on any atom is -0.0628 e. The van der Waals surface area contributed by atoms with Crippen LogP contribution < -0.4 is 0 Å². The first-order valence-electron chi connectivity index (χ1n) is 5.67. The third kappa shape index (κ3) is 6.12. The van der Waals surface area contributed by atoms with E-state index in [4.69, 9.17) is 0 Å². The summed E-state index contributed by atoms with van der Waals surface area (Å²) in [5.41, 5.74) is 0.472. The Bertz CT molecular complexity index is 116. The maximum Gasteiger partial charge on any atom is -0.0354 e. The van der Waals surface area contributed by atoms with Crippen molar-refractivity contribution in [1.82, 2.24) is 0 Å². The van der Waals surface area contributed by atoms with Crippen molar-refractivity contribution < 1.29 is 0 Å². The summed E-state index contributed by atoms with van der Waals surface area (Å²) in [6.07, 6.45) is 5.09. The highest BCUT2D eigenvalue weighted by molar-refractivity contribution is 4.75. The van der Waals surface area contributed by atoms with Crippen molar-refractivity contribution in [3.05, 3.63) is 6.92 Å². The average molecular weight is 183 g/mol. The second-order valence-corrected chi connectivity index (χ2v) is 5.69. The predicted molar refractivity (Wildman–Crippen MR) is 61.6 cm³/mol.